The molecule has 0 spiro atoms. The van der Waals surface area contributed by atoms with Gasteiger partial charge in [0.1, 0.15) is 6.33 Å². The molecule has 2 aromatic rings. The molecule has 0 bridgehead atoms. The van der Waals surface area contributed by atoms with E-state index in [0.717, 1.165) is 12.0 Å². The lowest BCUT2D eigenvalue weighted by Crippen LogP contribution is -2.24. The molecule has 0 aliphatic heterocycles. The Kier molecular flexibility index (Phi) is 3.62. The molecule has 1 heterocycles. The van der Waals surface area contributed by atoms with Gasteiger partial charge in [-0.3, -0.25) is 0 Å². The minimum Gasteiger partial charge on any atom is -0.357 e. The quantitative estimate of drug-likeness (QED) is 0.920. The maximum absolute atomic E-state index is 11.9. The van der Waals surface area contributed by atoms with E-state index in [4.69, 9.17) is 11.6 Å². The standard InChI is InChI=1S/C12H13ClN4O/c1-3-8-5-4-6-9(13)10(8)17-7-15-11(14-2)16-12(17)18/h4-7H,3H2,1-2H3,(H,14,16,18). The molecule has 0 saturated heterocycles. The Morgan fingerprint density at radius 2 is 2.22 bits per heavy atom. The lowest BCUT2D eigenvalue weighted by Gasteiger charge is -2.11. The molecule has 1 aromatic heterocycles. The second-order valence-corrected chi connectivity index (χ2v) is 4.09. The number of nitrogens with zero attached hydrogens (tertiary/aromatic N) is 3. The molecular weight excluding hydrogens is 252 g/mol. The van der Waals surface area contributed by atoms with Crippen LogP contribution in [0, 0.1) is 0 Å². The van der Waals surface area contributed by atoms with Crippen LogP contribution in [0.2, 0.25) is 5.02 Å². The highest BCUT2D eigenvalue weighted by Crippen LogP contribution is 2.23. The SMILES string of the molecule is CCc1cccc(Cl)c1-n1cnc(NC)nc1=O. The molecule has 1 N–H and O–H groups in total. The molecular formula is C12H13ClN4O. The van der Waals surface area contributed by atoms with Crippen molar-refractivity contribution in [1.82, 2.24) is 14.5 Å². The average Bonchev–Trinajstić information content (AvgIpc) is 2.39. The van der Waals surface area contributed by atoms with Gasteiger partial charge >= 0.3 is 5.69 Å². The van der Waals surface area contributed by atoms with Crippen molar-refractivity contribution in [2.75, 3.05) is 12.4 Å². The first kappa shape index (κ1) is 12.6. The lowest BCUT2D eigenvalue weighted by molar-refractivity contribution is 0.850. The second kappa shape index (κ2) is 5.18. The molecule has 1 aromatic carbocycles. The van der Waals surface area contributed by atoms with Gasteiger partial charge in [-0.25, -0.2) is 14.3 Å². The Morgan fingerprint density at radius 3 is 2.83 bits per heavy atom. The summed E-state index contributed by atoms with van der Waals surface area (Å²) in [5.41, 5.74) is 1.22. The normalized spacial score (nSPS) is 10.4. The second-order valence-electron chi connectivity index (χ2n) is 3.68. The molecule has 18 heavy (non-hydrogen) atoms. The fraction of sp³-hybridized carbons (Fsp3) is 0.250. The van der Waals surface area contributed by atoms with Crippen LogP contribution in [0.3, 0.4) is 0 Å². The number of nitrogens with one attached hydrogen (secondary N) is 1. The van der Waals surface area contributed by atoms with Crippen molar-refractivity contribution in [2.45, 2.75) is 13.3 Å². The van der Waals surface area contributed by atoms with Crippen molar-refractivity contribution >= 4 is 17.5 Å². The first-order valence-corrected chi connectivity index (χ1v) is 5.96. The van der Waals surface area contributed by atoms with Crippen molar-refractivity contribution < 1.29 is 0 Å². The smallest absolute Gasteiger partial charge is 0.356 e. The van der Waals surface area contributed by atoms with Crippen LogP contribution < -0.4 is 11.0 Å². The van der Waals surface area contributed by atoms with Gasteiger partial charge in [-0.2, -0.15) is 4.98 Å². The van der Waals surface area contributed by atoms with E-state index >= 15 is 0 Å². The van der Waals surface area contributed by atoms with Crippen molar-refractivity contribution in [2.24, 2.45) is 0 Å². The monoisotopic (exact) mass is 264 g/mol. The summed E-state index contributed by atoms with van der Waals surface area (Å²) in [4.78, 5) is 19.8. The van der Waals surface area contributed by atoms with Gasteiger partial charge < -0.3 is 5.32 Å². The van der Waals surface area contributed by atoms with Crippen LogP contribution >= 0.6 is 11.6 Å². The van der Waals surface area contributed by atoms with Crippen molar-refractivity contribution in [3.63, 3.8) is 0 Å². The third-order valence-corrected chi connectivity index (χ3v) is 2.92. The summed E-state index contributed by atoms with van der Waals surface area (Å²) in [5.74, 6) is 0.293. The molecule has 0 saturated carbocycles. The molecule has 2 rings (SSSR count). The maximum Gasteiger partial charge on any atom is 0.356 e. The third-order valence-electron chi connectivity index (χ3n) is 2.62. The molecule has 0 radical (unpaired) electrons. The number of halogens is 1. The fourth-order valence-corrected chi connectivity index (χ4v) is 2.01. The minimum atomic E-state index is -0.405. The molecule has 0 aliphatic rings. The van der Waals surface area contributed by atoms with Crippen LogP contribution in [-0.2, 0) is 6.42 Å². The van der Waals surface area contributed by atoms with E-state index in [9.17, 15) is 4.79 Å². The number of para-hydroxylation sites is 1. The third kappa shape index (κ3) is 2.22. The molecule has 0 fully saturated rings. The highest BCUT2D eigenvalue weighted by atomic mass is 35.5. The lowest BCUT2D eigenvalue weighted by atomic mass is 10.1. The zero-order valence-electron chi connectivity index (χ0n) is 10.1. The Morgan fingerprint density at radius 1 is 1.44 bits per heavy atom. The van der Waals surface area contributed by atoms with Gasteiger partial charge in [-0.05, 0) is 18.1 Å². The van der Waals surface area contributed by atoms with Gasteiger partial charge in [-0.15, -0.1) is 0 Å². The van der Waals surface area contributed by atoms with Crippen LogP contribution in [0.15, 0.2) is 29.3 Å². The Hall–Kier alpha value is -1.88. The van der Waals surface area contributed by atoms with Crippen LogP contribution in [0.1, 0.15) is 12.5 Å². The Labute approximate surface area is 109 Å². The van der Waals surface area contributed by atoms with E-state index in [-0.39, 0.29) is 0 Å². The van der Waals surface area contributed by atoms with Gasteiger partial charge in [-0.1, -0.05) is 30.7 Å². The summed E-state index contributed by atoms with van der Waals surface area (Å²) in [6.45, 7) is 2.00. The predicted octanol–water partition coefficient (Wildman–Crippen LogP) is 1.88. The Balaban J connectivity index is 2.66. The average molecular weight is 265 g/mol. The largest absolute Gasteiger partial charge is 0.357 e. The zero-order chi connectivity index (χ0) is 13.1. The molecule has 0 atom stereocenters. The number of benzene rings is 1. The topological polar surface area (TPSA) is 59.8 Å². The van der Waals surface area contributed by atoms with Gasteiger partial charge in [0.05, 0.1) is 10.7 Å². The van der Waals surface area contributed by atoms with Crippen LogP contribution in [-0.4, -0.2) is 21.6 Å². The highest BCUT2D eigenvalue weighted by Gasteiger charge is 2.10. The van der Waals surface area contributed by atoms with E-state index in [1.807, 2.05) is 19.1 Å². The first-order chi connectivity index (χ1) is 8.67. The molecule has 6 heteroatoms. The minimum absolute atomic E-state index is 0.293. The summed E-state index contributed by atoms with van der Waals surface area (Å²) in [6.07, 6.45) is 2.21. The number of hydrogen-bond donors (Lipinski definition) is 1. The molecule has 0 aliphatic carbocycles. The Bertz CT molecular complexity index is 624. The first-order valence-electron chi connectivity index (χ1n) is 5.58. The van der Waals surface area contributed by atoms with Gasteiger partial charge in [0, 0.05) is 7.05 Å². The van der Waals surface area contributed by atoms with Crippen LogP contribution in [0.25, 0.3) is 5.69 Å². The summed E-state index contributed by atoms with van der Waals surface area (Å²) >= 11 is 6.16. The molecule has 5 nitrogen and oxygen atoms in total. The maximum atomic E-state index is 11.9. The summed E-state index contributed by atoms with van der Waals surface area (Å²) in [6, 6.07) is 5.53. The van der Waals surface area contributed by atoms with Crippen molar-refractivity contribution in [3.8, 4) is 5.69 Å². The van der Waals surface area contributed by atoms with Gasteiger partial charge in [0.2, 0.25) is 5.95 Å². The van der Waals surface area contributed by atoms with E-state index in [0.29, 0.717) is 16.7 Å². The predicted molar refractivity (Wildman–Crippen MR) is 71.6 cm³/mol. The van der Waals surface area contributed by atoms with Gasteiger partial charge in [0.25, 0.3) is 0 Å². The van der Waals surface area contributed by atoms with E-state index in [1.54, 1.807) is 13.1 Å². The number of rotatable bonds is 3. The van der Waals surface area contributed by atoms with E-state index in [2.05, 4.69) is 15.3 Å². The molecule has 94 valence electrons. The highest BCUT2D eigenvalue weighted by molar-refractivity contribution is 6.32. The van der Waals surface area contributed by atoms with Crippen LogP contribution in [0.5, 0.6) is 0 Å². The number of hydrogen-bond acceptors (Lipinski definition) is 4. The zero-order valence-corrected chi connectivity index (χ0v) is 10.9. The molecule has 0 unspecified atom stereocenters. The van der Waals surface area contributed by atoms with E-state index in [1.165, 1.54) is 10.9 Å². The number of anilines is 1. The fourth-order valence-electron chi connectivity index (χ4n) is 1.72. The molecule has 0 amide bonds. The van der Waals surface area contributed by atoms with Crippen molar-refractivity contribution in [1.29, 1.82) is 0 Å². The van der Waals surface area contributed by atoms with E-state index < -0.39 is 5.69 Å². The summed E-state index contributed by atoms with van der Waals surface area (Å²) < 4.78 is 1.36. The van der Waals surface area contributed by atoms with Gasteiger partial charge in [0.15, 0.2) is 0 Å². The number of aromatic nitrogens is 3. The number of aryl methyl sites for hydroxylation is 1. The summed E-state index contributed by atoms with van der Waals surface area (Å²) in [7, 11) is 1.66. The summed E-state index contributed by atoms with van der Waals surface area (Å²) in [5, 5.41) is 3.23. The van der Waals surface area contributed by atoms with Crippen molar-refractivity contribution in [3.05, 3.63) is 45.6 Å². The van der Waals surface area contributed by atoms with Crippen LogP contribution in [0.4, 0.5) is 5.95 Å².